The Morgan fingerprint density at radius 3 is 2.89 bits per heavy atom. The molecule has 1 amide bonds. The highest BCUT2D eigenvalue weighted by Crippen LogP contribution is 2.28. The van der Waals surface area contributed by atoms with Crippen LogP contribution in [0.15, 0.2) is 36.5 Å². The molecule has 0 atom stereocenters. The summed E-state index contributed by atoms with van der Waals surface area (Å²) >= 11 is 0. The number of ether oxygens (including phenoxy) is 1. The minimum atomic E-state index is 0.0835. The Bertz CT molecular complexity index is 652. The van der Waals surface area contributed by atoms with E-state index in [0.717, 1.165) is 28.1 Å². The maximum absolute atomic E-state index is 11.8. The highest BCUT2D eigenvalue weighted by atomic mass is 16.5. The van der Waals surface area contributed by atoms with E-state index in [2.05, 4.69) is 4.98 Å². The van der Waals surface area contributed by atoms with Crippen LogP contribution in [0.2, 0.25) is 0 Å². The van der Waals surface area contributed by atoms with Crippen LogP contribution in [0.5, 0.6) is 5.75 Å². The number of methoxy groups -OCH3 is 1. The van der Waals surface area contributed by atoms with Crippen molar-refractivity contribution in [2.45, 2.75) is 6.54 Å². The summed E-state index contributed by atoms with van der Waals surface area (Å²) in [6.45, 7) is 0.659. The number of hydrogen-bond donors (Lipinski definition) is 0. The zero-order valence-electron chi connectivity index (χ0n) is 10.9. The van der Waals surface area contributed by atoms with Crippen molar-refractivity contribution in [3.8, 4) is 17.0 Å². The largest absolute Gasteiger partial charge is 0.497 e. The maximum Gasteiger partial charge on any atom is 0.254 e. The first kappa shape index (κ1) is 11.7. The number of aromatic nitrogens is 1. The van der Waals surface area contributed by atoms with Gasteiger partial charge < -0.3 is 9.64 Å². The lowest BCUT2D eigenvalue weighted by atomic mass is 10.0. The van der Waals surface area contributed by atoms with E-state index < -0.39 is 0 Å². The Hall–Kier alpha value is -2.36. The van der Waals surface area contributed by atoms with Gasteiger partial charge in [-0.1, -0.05) is 6.07 Å². The van der Waals surface area contributed by atoms with Crippen LogP contribution in [0.4, 0.5) is 0 Å². The van der Waals surface area contributed by atoms with Crippen LogP contribution in [-0.2, 0) is 6.54 Å². The summed E-state index contributed by atoms with van der Waals surface area (Å²) in [7, 11) is 3.45. The molecule has 1 aromatic heterocycles. The van der Waals surface area contributed by atoms with Crippen molar-refractivity contribution in [3.63, 3.8) is 0 Å². The molecule has 0 spiro atoms. The molecule has 1 aliphatic heterocycles. The van der Waals surface area contributed by atoms with Crippen LogP contribution >= 0.6 is 0 Å². The van der Waals surface area contributed by atoms with Gasteiger partial charge in [0.2, 0.25) is 0 Å². The van der Waals surface area contributed by atoms with Gasteiger partial charge in [0.05, 0.1) is 12.8 Å². The molecule has 0 radical (unpaired) electrons. The number of fused-ring (bicyclic) bond motifs is 1. The molecule has 96 valence electrons. The van der Waals surface area contributed by atoms with Crippen molar-refractivity contribution in [1.82, 2.24) is 9.88 Å². The molecule has 0 bridgehead atoms. The number of carbonyl (C=O) groups excluding carboxylic acids is 1. The first-order valence-electron chi connectivity index (χ1n) is 6.08. The number of amides is 1. The van der Waals surface area contributed by atoms with Crippen molar-refractivity contribution >= 4 is 5.91 Å². The van der Waals surface area contributed by atoms with Crippen LogP contribution in [0.25, 0.3) is 11.3 Å². The maximum atomic E-state index is 11.8. The van der Waals surface area contributed by atoms with E-state index in [1.54, 1.807) is 18.2 Å². The summed E-state index contributed by atoms with van der Waals surface area (Å²) in [5.74, 6) is 0.860. The summed E-state index contributed by atoms with van der Waals surface area (Å²) in [4.78, 5) is 17.9. The average molecular weight is 254 g/mol. The molecular formula is C15H14N2O2. The number of nitrogens with zero attached hydrogens (tertiary/aromatic N) is 2. The van der Waals surface area contributed by atoms with Crippen molar-refractivity contribution in [2.24, 2.45) is 0 Å². The van der Waals surface area contributed by atoms with E-state index in [1.807, 2.05) is 37.4 Å². The number of hydrogen-bond acceptors (Lipinski definition) is 3. The van der Waals surface area contributed by atoms with E-state index in [-0.39, 0.29) is 5.91 Å². The molecule has 2 heterocycles. The molecule has 4 heteroatoms. The smallest absolute Gasteiger partial charge is 0.254 e. The van der Waals surface area contributed by atoms with Crippen LogP contribution in [0.1, 0.15) is 15.9 Å². The summed E-state index contributed by atoms with van der Waals surface area (Å²) in [5.41, 5.74) is 3.69. The van der Waals surface area contributed by atoms with E-state index in [9.17, 15) is 4.79 Å². The lowest BCUT2D eigenvalue weighted by molar-refractivity contribution is 0.0816. The second kappa shape index (κ2) is 4.39. The summed E-state index contributed by atoms with van der Waals surface area (Å²) in [6.07, 6.45) is 1.72. The van der Waals surface area contributed by atoms with E-state index in [0.29, 0.717) is 6.54 Å². The van der Waals surface area contributed by atoms with Gasteiger partial charge in [-0.2, -0.15) is 0 Å². The van der Waals surface area contributed by atoms with Crippen LogP contribution in [0.3, 0.4) is 0 Å². The fraction of sp³-hybridized carbons (Fsp3) is 0.200. The van der Waals surface area contributed by atoms with Crippen molar-refractivity contribution in [2.75, 3.05) is 14.2 Å². The van der Waals surface area contributed by atoms with Gasteiger partial charge in [-0.15, -0.1) is 0 Å². The first-order valence-corrected chi connectivity index (χ1v) is 6.08. The standard InChI is InChI=1S/C15H14N2O2/c1-17-9-11-7-10(3-4-13(11)15(17)18)14-8-12(19-2)5-6-16-14/h3-8H,9H2,1-2H3. The van der Waals surface area contributed by atoms with Crippen molar-refractivity contribution < 1.29 is 9.53 Å². The van der Waals surface area contributed by atoms with E-state index >= 15 is 0 Å². The molecule has 1 aliphatic rings. The Kier molecular flexibility index (Phi) is 2.71. The summed E-state index contributed by atoms with van der Waals surface area (Å²) < 4.78 is 5.20. The van der Waals surface area contributed by atoms with Crippen LogP contribution < -0.4 is 4.74 Å². The Balaban J connectivity index is 2.03. The third-order valence-corrected chi connectivity index (χ3v) is 3.35. The predicted molar refractivity (Wildman–Crippen MR) is 72.0 cm³/mol. The second-order valence-electron chi connectivity index (χ2n) is 4.61. The van der Waals surface area contributed by atoms with Crippen molar-refractivity contribution in [3.05, 3.63) is 47.7 Å². The summed E-state index contributed by atoms with van der Waals surface area (Å²) in [6, 6.07) is 9.53. The number of pyridine rings is 1. The average Bonchev–Trinajstić information content (AvgIpc) is 2.73. The number of rotatable bonds is 2. The van der Waals surface area contributed by atoms with Gasteiger partial charge >= 0.3 is 0 Å². The van der Waals surface area contributed by atoms with Gasteiger partial charge in [0.25, 0.3) is 5.91 Å². The topological polar surface area (TPSA) is 42.4 Å². The normalized spacial score (nSPS) is 13.6. The van der Waals surface area contributed by atoms with Gasteiger partial charge in [-0.05, 0) is 23.8 Å². The SMILES string of the molecule is COc1ccnc(-c2ccc3c(c2)CN(C)C3=O)c1. The molecule has 1 aromatic carbocycles. The monoisotopic (exact) mass is 254 g/mol. The van der Waals surface area contributed by atoms with Gasteiger partial charge in [-0.25, -0.2) is 0 Å². The Morgan fingerprint density at radius 1 is 1.26 bits per heavy atom. The molecule has 0 saturated carbocycles. The molecule has 0 aliphatic carbocycles. The lowest BCUT2D eigenvalue weighted by Gasteiger charge is -2.05. The third-order valence-electron chi connectivity index (χ3n) is 3.35. The lowest BCUT2D eigenvalue weighted by Crippen LogP contribution is -2.17. The van der Waals surface area contributed by atoms with E-state index in [1.165, 1.54) is 0 Å². The molecule has 19 heavy (non-hydrogen) atoms. The molecule has 3 rings (SSSR count). The predicted octanol–water partition coefficient (Wildman–Crippen LogP) is 2.34. The minimum absolute atomic E-state index is 0.0835. The molecule has 2 aromatic rings. The molecule has 4 nitrogen and oxygen atoms in total. The third kappa shape index (κ3) is 1.95. The molecule has 0 unspecified atom stereocenters. The Labute approximate surface area is 111 Å². The molecule has 0 saturated heterocycles. The Morgan fingerprint density at radius 2 is 2.11 bits per heavy atom. The van der Waals surface area contributed by atoms with Gasteiger partial charge in [0.15, 0.2) is 0 Å². The highest BCUT2D eigenvalue weighted by Gasteiger charge is 2.24. The first-order chi connectivity index (χ1) is 9.19. The fourth-order valence-electron chi connectivity index (χ4n) is 2.32. The minimum Gasteiger partial charge on any atom is -0.497 e. The van der Waals surface area contributed by atoms with Gasteiger partial charge in [0.1, 0.15) is 5.75 Å². The fourth-order valence-corrected chi connectivity index (χ4v) is 2.32. The number of benzene rings is 1. The quantitative estimate of drug-likeness (QED) is 0.826. The number of carbonyl (C=O) groups is 1. The van der Waals surface area contributed by atoms with Crippen molar-refractivity contribution in [1.29, 1.82) is 0 Å². The summed E-state index contributed by atoms with van der Waals surface area (Å²) in [5, 5.41) is 0. The highest BCUT2D eigenvalue weighted by molar-refractivity contribution is 5.98. The van der Waals surface area contributed by atoms with Crippen LogP contribution in [-0.4, -0.2) is 29.9 Å². The molecular weight excluding hydrogens is 240 g/mol. The van der Waals surface area contributed by atoms with Crippen LogP contribution in [0, 0.1) is 0 Å². The zero-order valence-corrected chi connectivity index (χ0v) is 10.9. The van der Waals surface area contributed by atoms with Gasteiger partial charge in [0, 0.05) is 37.0 Å². The van der Waals surface area contributed by atoms with E-state index in [4.69, 9.17) is 4.74 Å². The second-order valence-corrected chi connectivity index (χ2v) is 4.61. The molecule has 0 N–H and O–H groups in total. The zero-order chi connectivity index (χ0) is 13.4. The molecule has 0 fully saturated rings. The van der Waals surface area contributed by atoms with Gasteiger partial charge in [-0.3, -0.25) is 9.78 Å².